The molecule has 0 bridgehead atoms. The first-order valence-electron chi connectivity index (χ1n) is 10.8. The quantitative estimate of drug-likeness (QED) is 0.343. The van der Waals surface area contributed by atoms with E-state index in [-0.39, 0.29) is 23.9 Å². The van der Waals surface area contributed by atoms with E-state index in [2.05, 4.69) is 14.8 Å². The molecule has 3 N–H and O–H groups in total. The van der Waals surface area contributed by atoms with E-state index in [1.54, 1.807) is 42.2 Å². The summed E-state index contributed by atoms with van der Waals surface area (Å²) in [4.78, 5) is 4.21. The minimum atomic E-state index is -3.08. The highest BCUT2D eigenvalue weighted by Gasteiger charge is 2.20. The third-order valence-electron chi connectivity index (χ3n) is 5.01. The first kappa shape index (κ1) is 26.0. The van der Waals surface area contributed by atoms with Gasteiger partial charge >= 0.3 is 5.76 Å². The number of hydrogen-bond acceptors (Lipinski definition) is 5. The second-order valence-corrected chi connectivity index (χ2v) is 8.46. The molecule has 4 rings (SSSR count). The number of ether oxygens (including phenoxy) is 1. The van der Waals surface area contributed by atoms with E-state index in [0.717, 1.165) is 11.1 Å². The molecule has 0 saturated heterocycles. The van der Waals surface area contributed by atoms with E-state index in [1.165, 1.54) is 18.2 Å². The van der Waals surface area contributed by atoms with Gasteiger partial charge in [-0.25, -0.2) is 13.6 Å². The van der Waals surface area contributed by atoms with Gasteiger partial charge in [0, 0.05) is 18.8 Å². The van der Waals surface area contributed by atoms with Crippen LogP contribution in [0.5, 0.6) is 5.75 Å². The summed E-state index contributed by atoms with van der Waals surface area (Å²) < 4.78 is 60.4. The first-order valence-corrected chi connectivity index (χ1v) is 12.0. The number of nitrogen functional groups attached to an aromatic ring is 1. The van der Waals surface area contributed by atoms with Gasteiger partial charge in [0.1, 0.15) is 29.7 Å². The van der Waals surface area contributed by atoms with E-state index < -0.39 is 16.7 Å². The van der Waals surface area contributed by atoms with Crippen molar-refractivity contribution in [2.24, 2.45) is 7.05 Å². The van der Waals surface area contributed by atoms with Crippen molar-refractivity contribution in [3.8, 4) is 17.0 Å². The highest BCUT2D eigenvalue weighted by molar-refractivity contribution is 7.86. The van der Waals surface area contributed by atoms with Gasteiger partial charge in [-0.05, 0) is 42.3 Å². The summed E-state index contributed by atoms with van der Waals surface area (Å²) in [6.07, 6.45) is 1.66. The standard InChI is InChI=1S/C22H20F3N5O2S.C2H6/c1-12-10-27-21(26)18-19(28-30(2)20(12)18)14-5-8-16(29-33(31)22(24)25)17(9-14)32-11-13-3-6-15(23)7-4-13;1-2/h3-10,22,29H,11H2,1-2H3,(H2,26,27);1-2H3. The fourth-order valence-electron chi connectivity index (χ4n) is 3.48. The Morgan fingerprint density at radius 3 is 2.51 bits per heavy atom. The third-order valence-corrected chi connectivity index (χ3v) is 5.75. The van der Waals surface area contributed by atoms with E-state index >= 15 is 0 Å². The molecule has 11 heteroatoms. The molecule has 0 radical (unpaired) electrons. The Balaban J connectivity index is 0.00000167. The molecule has 2 heterocycles. The number of rotatable bonds is 7. The van der Waals surface area contributed by atoms with Gasteiger partial charge in [-0.3, -0.25) is 9.40 Å². The third kappa shape index (κ3) is 5.73. The zero-order chi connectivity index (χ0) is 25.7. The number of nitrogens with two attached hydrogens (primary N) is 1. The van der Waals surface area contributed by atoms with Crippen LogP contribution in [0.25, 0.3) is 22.2 Å². The number of fused-ring (bicyclic) bond motifs is 1. The van der Waals surface area contributed by atoms with Gasteiger partial charge in [0.05, 0.1) is 16.6 Å². The second-order valence-electron chi connectivity index (χ2n) is 7.31. The Kier molecular flexibility index (Phi) is 8.34. The molecule has 186 valence electrons. The molecule has 0 saturated carbocycles. The number of aromatic nitrogens is 3. The van der Waals surface area contributed by atoms with Gasteiger partial charge in [0.15, 0.2) is 11.0 Å². The lowest BCUT2D eigenvalue weighted by atomic mass is 10.1. The van der Waals surface area contributed by atoms with E-state index in [4.69, 9.17) is 10.5 Å². The van der Waals surface area contributed by atoms with Gasteiger partial charge < -0.3 is 10.5 Å². The minimum absolute atomic E-state index is 0.0332. The Morgan fingerprint density at radius 2 is 1.86 bits per heavy atom. The lowest BCUT2D eigenvalue weighted by Gasteiger charge is -2.14. The van der Waals surface area contributed by atoms with Gasteiger partial charge in [-0.15, -0.1) is 0 Å². The number of alkyl halides is 2. The topological polar surface area (TPSA) is 95.1 Å². The van der Waals surface area contributed by atoms with Gasteiger partial charge in [-0.2, -0.15) is 13.9 Å². The predicted octanol–water partition coefficient (Wildman–Crippen LogP) is 5.57. The van der Waals surface area contributed by atoms with Crippen molar-refractivity contribution in [3.05, 3.63) is 65.6 Å². The highest BCUT2D eigenvalue weighted by Crippen LogP contribution is 2.37. The predicted molar refractivity (Wildman–Crippen MR) is 133 cm³/mol. The summed E-state index contributed by atoms with van der Waals surface area (Å²) in [7, 11) is -0.839. The molecule has 7 nitrogen and oxygen atoms in total. The van der Waals surface area contributed by atoms with Crippen molar-refractivity contribution in [1.29, 1.82) is 0 Å². The molecule has 0 aliphatic rings. The van der Waals surface area contributed by atoms with Crippen molar-refractivity contribution < 1.29 is 22.1 Å². The number of hydrogen-bond donors (Lipinski definition) is 2. The summed E-state index contributed by atoms with van der Waals surface area (Å²) in [5.41, 5.74) is 9.74. The smallest absolute Gasteiger partial charge is 0.330 e. The van der Waals surface area contributed by atoms with Crippen LogP contribution in [0.3, 0.4) is 0 Å². The van der Waals surface area contributed by atoms with Crippen LogP contribution in [0.1, 0.15) is 25.0 Å². The van der Waals surface area contributed by atoms with Crippen LogP contribution in [0, 0.1) is 12.7 Å². The van der Waals surface area contributed by atoms with E-state index in [1.807, 2.05) is 20.8 Å². The molecule has 1 unspecified atom stereocenters. The number of nitrogens with one attached hydrogen (secondary N) is 1. The molecule has 1 atom stereocenters. The second kappa shape index (κ2) is 11.2. The van der Waals surface area contributed by atoms with Crippen LogP contribution < -0.4 is 15.2 Å². The van der Waals surface area contributed by atoms with Crippen molar-refractivity contribution in [1.82, 2.24) is 14.8 Å². The molecule has 0 amide bonds. The van der Waals surface area contributed by atoms with Crippen LogP contribution in [0.4, 0.5) is 24.7 Å². The van der Waals surface area contributed by atoms with Crippen molar-refractivity contribution >= 4 is 33.4 Å². The molecule has 4 aromatic rings. The van der Waals surface area contributed by atoms with Crippen molar-refractivity contribution in [2.45, 2.75) is 33.1 Å². The van der Waals surface area contributed by atoms with Crippen LogP contribution in [-0.4, -0.2) is 24.7 Å². The number of halogens is 3. The van der Waals surface area contributed by atoms with Crippen molar-refractivity contribution in [3.63, 3.8) is 0 Å². The Bertz CT molecular complexity index is 1340. The van der Waals surface area contributed by atoms with Crippen LogP contribution >= 0.6 is 0 Å². The number of anilines is 2. The summed E-state index contributed by atoms with van der Waals surface area (Å²) in [6, 6.07) is 10.4. The maximum atomic E-state index is 13.2. The highest BCUT2D eigenvalue weighted by atomic mass is 32.2. The molecule has 2 aromatic heterocycles. The number of benzene rings is 2. The summed E-state index contributed by atoms with van der Waals surface area (Å²) in [6.45, 7) is 5.93. The lowest BCUT2D eigenvalue weighted by molar-refractivity contribution is 0.244. The number of nitrogens with zero attached hydrogens (tertiary/aromatic N) is 3. The van der Waals surface area contributed by atoms with Gasteiger partial charge in [0.2, 0.25) is 0 Å². The first-order chi connectivity index (χ1) is 16.7. The van der Waals surface area contributed by atoms with E-state index in [0.29, 0.717) is 28.0 Å². The lowest BCUT2D eigenvalue weighted by Crippen LogP contribution is -2.13. The summed E-state index contributed by atoms with van der Waals surface area (Å²) in [5.74, 6) is -3.00. The summed E-state index contributed by atoms with van der Waals surface area (Å²) in [5, 5.41) is 5.22. The fraction of sp³-hybridized carbons (Fsp3) is 0.250. The average Bonchev–Trinajstić information content (AvgIpc) is 3.21. The number of pyridine rings is 1. The van der Waals surface area contributed by atoms with Crippen molar-refractivity contribution in [2.75, 3.05) is 10.5 Å². The summed E-state index contributed by atoms with van der Waals surface area (Å²) >= 11 is 0. The molecule has 0 fully saturated rings. The van der Waals surface area contributed by atoms with Crippen LogP contribution in [0.15, 0.2) is 48.7 Å². The largest absolute Gasteiger partial charge is 0.487 e. The molecule has 0 aliphatic heterocycles. The van der Waals surface area contributed by atoms with Gasteiger partial charge in [-0.1, -0.05) is 32.0 Å². The Hall–Kier alpha value is -3.60. The minimum Gasteiger partial charge on any atom is -0.487 e. The molecule has 2 aromatic carbocycles. The zero-order valence-corrected chi connectivity index (χ0v) is 20.5. The van der Waals surface area contributed by atoms with Crippen LogP contribution in [-0.2, 0) is 24.6 Å². The number of aryl methyl sites for hydroxylation is 2. The molecule has 0 spiro atoms. The van der Waals surface area contributed by atoms with Crippen LogP contribution in [0.2, 0.25) is 0 Å². The maximum Gasteiger partial charge on any atom is 0.330 e. The molecular weight excluding hydrogens is 479 g/mol. The Labute approximate surface area is 203 Å². The SMILES string of the molecule is CC.Cc1cnc(N)c2c(-c3ccc(NS(=O)C(F)F)c(OCc4ccc(F)cc4)c3)nn(C)c12. The zero-order valence-electron chi connectivity index (χ0n) is 19.7. The Morgan fingerprint density at radius 1 is 1.17 bits per heavy atom. The maximum absolute atomic E-state index is 13.2. The monoisotopic (exact) mass is 505 g/mol. The fourth-order valence-corrected chi connectivity index (χ4v) is 3.96. The molecular formula is C24H26F3N5O2S. The molecule has 35 heavy (non-hydrogen) atoms. The molecule has 0 aliphatic carbocycles. The van der Waals surface area contributed by atoms with E-state index in [9.17, 15) is 17.4 Å². The van der Waals surface area contributed by atoms with Gasteiger partial charge in [0.25, 0.3) is 0 Å². The average molecular weight is 506 g/mol. The normalized spacial score (nSPS) is 11.8.